The van der Waals surface area contributed by atoms with Crippen LogP contribution in [0.5, 0.6) is 0 Å². The van der Waals surface area contributed by atoms with Crippen LogP contribution in [-0.2, 0) is 5.88 Å². The van der Waals surface area contributed by atoms with E-state index in [9.17, 15) is 4.79 Å². The van der Waals surface area contributed by atoms with Gasteiger partial charge in [-0.25, -0.2) is 9.97 Å². The Balaban J connectivity index is 2.23. The molecular formula is C12H8Cl3N3O. The van der Waals surface area contributed by atoms with Gasteiger partial charge in [0.15, 0.2) is 11.0 Å². The van der Waals surface area contributed by atoms with Gasteiger partial charge in [-0.2, -0.15) is 0 Å². The molecule has 19 heavy (non-hydrogen) atoms. The summed E-state index contributed by atoms with van der Waals surface area (Å²) in [6, 6.07) is 6.95. The molecule has 0 radical (unpaired) electrons. The van der Waals surface area contributed by atoms with Gasteiger partial charge in [-0.3, -0.25) is 4.79 Å². The molecule has 0 saturated heterocycles. The molecule has 0 unspecified atom stereocenters. The Labute approximate surface area is 124 Å². The topological polar surface area (TPSA) is 54.9 Å². The molecule has 1 amide bonds. The van der Waals surface area contributed by atoms with Crippen molar-refractivity contribution in [1.82, 2.24) is 9.97 Å². The van der Waals surface area contributed by atoms with E-state index in [4.69, 9.17) is 34.8 Å². The summed E-state index contributed by atoms with van der Waals surface area (Å²) in [6.45, 7) is 0. The van der Waals surface area contributed by atoms with Gasteiger partial charge >= 0.3 is 0 Å². The molecule has 4 nitrogen and oxygen atoms in total. The van der Waals surface area contributed by atoms with Crippen molar-refractivity contribution in [3.05, 3.63) is 51.9 Å². The number of nitrogens with zero attached hydrogens (tertiary/aromatic N) is 2. The highest BCUT2D eigenvalue weighted by molar-refractivity contribution is 6.43. The van der Waals surface area contributed by atoms with E-state index in [1.54, 1.807) is 18.2 Å². The van der Waals surface area contributed by atoms with Crippen molar-refractivity contribution in [1.29, 1.82) is 0 Å². The van der Waals surface area contributed by atoms with Gasteiger partial charge in [-0.05, 0) is 17.7 Å². The van der Waals surface area contributed by atoms with E-state index >= 15 is 0 Å². The van der Waals surface area contributed by atoms with Crippen LogP contribution in [0.4, 0.5) is 5.82 Å². The average molecular weight is 317 g/mol. The smallest absolute Gasteiger partial charge is 0.256 e. The van der Waals surface area contributed by atoms with Crippen LogP contribution in [0.2, 0.25) is 10.2 Å². The average Bonchev–Trinajstić information content (AvgIpc) is 2.44. The number of hydrogen-bond acceptors (Lipinski definition) is 3. The maximum atomic E-state index is 12.0. The van der Waals surface area contributed by atoms with Gasteiger partial charge in [0, 0.05) is 11.4 Å². The fourth-order valence-electron chi connectivity index (χ4n) is 1.41. The first kappa shape index (κ1) is 14.1. The number of anilines is 1. The molecule has 0 aliphatic carbocycles. The van der Waals surface area contributed by atoms with Crippen molar-refractivity contribution < 1.29 is 4.79 Å². The van der Waals surface area contributed by atoms with Crippen molar-refractivity contribution in [2.24, 2.45) is 0 Å². The van der Waals surface area contributed by atoms with E-state index in [1.165, 1.54) is 6.33 Å². The van der Waals surface area contributed by atoms with Gasteiger partial charge in [0.2, 0.25) is 0 Å². The lowest BCUT2D eigenvalue weighted by Gasteiger charge is -2.07. The number of rotatable bonds is 3. The zero-order valence-corrected chi connectivity index (χ0v) is 11.8. The molecule has 1 N–H and O–H groups in total. The fraction of sp³-hybridized carbons (Fsp3) is 0.0833. The zero-order valence-electron chi connectivity index (χ0n) is 9.53. The van der Waals surface area contributed by atoms with Crippen LogP contribution in [0.15, 0.2) is 30.6 Å². The molecule has 2 rings (SSSR count). The summed E-state index contributed by atoms with van der Waals surface area (Å²) in [4.78, 5) is 19.6. The van der Waals surface area contributed by atoms with Gasteiger partial charge in [0.25, 0.3) is 5.91 Å². The quantitative estimate of drug-likeness (QED) is 0.692. The Kier molecular flexibility index (Phi) is 4.58. The molecule has 0 atom stereocenters. The predicted molar refractivity (Wildman–Crippen MR) is 76.0 cm³/mol. The second-order valence-corrected chi connectivity index (χ2v) is 4.62. The first-order valence-electron chi connectivity index (χ1n) is 5.24. The molecule has 1 aromatic heterocycles. The molecule has 0 aliphatic heterocycles. The van der Waals surface area contributed by atoms with Crippen LogP contribution in [0.1, 0.15) is 15.9 Å². The summed E-state index contributed by atoms with van der Waals surface area (Å²) < 4.78 is 0. The van der Waals surface area contributed by atoms with E-state index < -0.39 is 0 Å². The van der Waals surface area contributed by atoms with Crippen LogP contribution in [-0.4, -0.2) is 15.9 Å². The number of halogens is 3. The second-order valence-electron chi connectivity index (χ2n) is 3.62. The number of aromatic nitrogens is 2. The molecular weight excluding hydrogens is 309 g/mol. The Morgan fingerprint density at radius 3 is 2.79 bits per heavy atom. The number of carbonyl (C=O) groups excluding carboxylic acids is 1. The summed E-state index contributed by atoms with van der Waals surface area (Å²) in [5.74, 6) is 0.160. The maximum Gasteiger partial charge on any atom is 0.256 e. The van der Waals surface area contributed by atoms with Crippen molar-refractivity contribution in [2.75, 3.05) is 5.32 Å². The third-order valence-electron chi connectivity index (χ3n) is 2.32. The Bertz CT molecular complexity index is 619. The summed E-state index contributed by atoms with van der Waals surface area (Å²) in [5, 5.41) is 2.76. The third-order valence-corrected chi connectivity index (χ3v) is 3.37. The van der Waals surface area contributed by atoms with Gasteiger partial charge in [-0.15, -0.1) is 11.6 Å². The SMILES string of the molecule is O=C(Nc1ncnc(Cl)c1Cl)c1cccc(CCl)c1. The van der Waals surface area contributed by atoms with E-state index in [0.717, 1.165) is 5.56 Å². The van der Waals surface area contributed by atoms with Crippen LogP contribution < -0.4 is 5.32 Å². The summed E-state index contributed by atoms with van der Waals surface area (Å²) >= 11 is 17.3. The number of hydrogen-bond donors (Lipinski definition) is 1. The summed E-state index contributed by atoms with van der Waals surface area (Å²) in [7, 11) is 0. The largest absolute Gasteiger partial charge is 0.305 e. The van der Waals surface area contributed by atoms with E-state index in [1.807, 2.05) is 6.07 Å². The number of alkyl halides is 1. The Morgan fingerprint density at radius 2 is 2.05 bits per heavy atom. The molecule has 7 heteroatoms. The molecule has 2 aromatic rings. The van der Waals surface area contributed by atoms with E-state index in [0.29, 0.717) is 11.4 Å². The van der Waals surface area contributed by atoms with Crippen molar-refractivity contribution in [2.45, 2.75) is 5.88 Å². The van der Waals surface area contributed by atoms with Gasteiger partial charge < -0.3 is 5.32 Å². The predicted octanol–water partition coefficient (Wildman–Crippen LogP) is 3.77. The molecule has 0 saturated carbocycles. The highest BCUT2D eigenvalue weighted by Gasteiger charge is 2.12. The monoisotopic (exact) mass is 315 g/mol. The second kappa shape index (κ2) is 6.19. The number of nitrogens with one attached hydrogen (secondary N) is 1. The first-order chi connectivity index (χ1) is 9.11. The fourth-order valence-corrected chi connectivity index (χ4v) is 1.86. The number of carbonyl (C=O) groups is 1. The van der Waals surface area contributed by atoms with Crippen molar-refractivity contribution in [3.8, 4) is 0 Å². The summed E-state index contributed by atoms with van der Waals surface area (Å²) in [6.07, 6.45) is 1.22. The van der Waals surface area contributed by atoms with E-state index in [2.05, 4.69) is 15.3 Å². The minimum atomic E-state index is -0.344. The first-order valence-corrected chi connectivity index (χ1v) is 6.53. The maximum absolute atomic E-state index is 12.0. The summed E-state index contributed by atoms with van der Waals surface area (Å²) in [5.41, 5.74) is 1.31. The Morgan fingerprint density at radius 1 is 1.26 bits per heavy atom. The van der Waals surface area contributed by atoms with Gasteiger partial charge in [0.05, 0.1) is 0 Å². The van der Waals surface area contributed by atoms with E-state index in [-0.39, 0.29) is 21.9 Å². The van der Waals surface area contributed by atoms with Crippen molar-refractivity contribution >= 4 is 46.5 Å². The highest BCUT2D eigenvalue weighted by Crippen LogP contribution is 2.25. The standard InChI is InChI=1S/C12H8Cl3N3O/c13-5-7-2-1-3-8(4-7)12(19)18-11-9(14)10(15)16-6-17-11/h1-4,6H,5H2,(H,16,17,18,19). The van der Waals surface area contributed by atoms with Crippen LogP contribution in [0, 0.1) is 0 Å². The molecule has 0 aliphatic rings. The minimum absolute atomic E-state index is 0.0847. The number of amides is 1. The lowest BCUT2D eigenvalue weighted by Crippen LogP contribution is -2.13. The molecule has 0 spiro atoms. The third kappa shape index (κ3) is 3.35. The molecule has 98 valence electrons. The normalized spacial score (nSPS) is 10.3. The van der Waals surface area contributed by atoms with Crippen LogP contribution in [0.25, 0.3) is 0 Å². The highest BCUT2D eigenvalue weighted by atomic mass is 35.5. The zero-order chi connectivity index (χ0) is 13.8. The minimum Gasteiger partial charge on any atom is -0.305 e. The van der Waals surface area contributed by atoms with Crippen LogP contribution >= 0.6 is 34.8 Å². The Hall–Kier alpha value is -1.36. The van der Waals surface area contributed by atoms with Crippen molar-refractivity contribution in [3.63, 3.8) is 0 Å². The molecule has 1 heterocycles. The lowest BCUT2D eigenvalue weighted by molar-refractivity contribution is 0.102. The molecule has 0 bridgehead atoms. The number of benzene rings is 1. The molecule has 1 aromatic carbocycles. The van der Waals surface area contributed by atoms with Crippen LogP contribution in [0.3, 0.4) is 0 Å². The van der Waals surface area contributed by atoms with Gasteiger partial charge in [0.1, 0.15) is 11.3 Å². The molecule has 0 fully saturated rings. The lowest BCUT2D eigenvalue weighted by atomic mass is 10.1. The van der Waals surface area contributed by atoms with Gasteiger partial charge in [-0.1, -0.05) is 35.3 Å².